The summed E-state index contributed by atoms with van der Waals surface area (Å²) in [6.07, 6.45) is 4.13. The van der Waals surface area contributed by atoms with E-state index >= 15 is 0 Å². The van der Waals surface area contributed by atoms with Crippen LogP contribution in [0.2, 0.25) is 0 Å². The van der Waals surface area contributed by atoms with Crippen molar-refractivity contribution in [3.05, 3.63) is 21.9 Å². The Morgan fingerprint density at radius 1 is 1.10 bits per heavy atom. The van der Waals surface area contributed by atoms with Crippen LogP contribution in [0.15, 0.2) is 12.1 Å². The molecule has 3 aliphatic rings. The summed E-state index contributed by atoms with van der Waals surface area (Å²) in [5, 5.41) is 0. The van der Waals surface area contributed by atoms with Gasteiger partial charge in [-0.2, -0.15) is 0 Å². The van der Waals surface area contributed by atoms with E-state index in [1.807, 2.05) is 0 Å². The molecular weight excluding hydrogens is 406 g/mol. The predicted octanol–water partition coefficient (Wildman–Crippen LogP) is 2.27. The van der Waals surface area contributed by atoms with Crippen LogP contribution in [-0.2, 0) is 30.3 Å². The van der Waals surface area contributed by atoms with Crippen LogP contribution >= 0.6 is 11.3 Å². The zero-order valence-corrected chi connectivity index (χ0v) is 17.8. The highest BCUT2D eigenvalue weighted by Gasteiger charge is 2.41. The summed E-state index contributed by atoms with van der Waals surface area (Å²) < 4.78 is 10.6. The van der Waals surface area contributed by atoms with Crippen LogP contribution in [0.4, 0.5) is 0 Å². The van der Waals surface area contributed by atoms with Gasteiger partial charge in [0.1, 0.15) is 5.78 Å². The van der Waals surface area contributed by atoms with Crippen LogP contribution in [0.1, 0.15) is 46.7 Å². The molecule has 2 aliphatic carbocycles. The summed E-state index contributed by atoms with van der Waals surface area (Å²) in [5.74, 6) is -0.611. The zero-order valence-electron chi connectivity index (χ0n) is 17.0. The minimum absolute atomic E-state index is 0.0189. The van der Waals surface area contributed by atoms with Crippen molar-refractivity contribution in [2.45, 2.75) is 38.5 Å². The Hall–Kier alpha value is -2.06. The van der Waals surface area contributed by atoms with Gasteiger partial charge in [0.25, 0.3) is 0 Å². The largest absolute Gasteiger partial charge is 0.457 e. The lowest BCUT2D eigenvalue weighted by molar-refractivity contribution is -0.152. The van der Waals surface area contributed by atoms with E-state index in [9.17, 15) is 19.2 Å². The fourth-order valence-electron chi connectivity index (χ4n) is 4.69. The molecule has 2 saturated carbocycles. The monoisotopic (exact) mass is 433 g/mol. The Bertz CT molecular complexity index is 811. The quantitative estimate of drug-likeness (QED) is 0.505. The summed E-state index contributed by atoms with van der Waals surface area (Å²) in [6.45, 7) is 2.01. The van der Waals surface area contributed by atoms with E-state index in [0.717, 1.165) is 24.1 Å². The van der Waals surface area contributed by atoms with Crippen LogP contribution in [0.3, 0.4) is 0 Å². The molecule has 7 nitrogen and oxygen atoms in total. The van der Waals surface area contributed by atoms with Gasteiger partial charge >= 0.3 is 5.97 Å². The first kappa shape index (κ1) is 21.2. The maximum absolute atomic E-state index is 12.5. The van der Waals surface area contributed by atoms with Gasteiger partial charge in [0.05, 0.1) is 30.4 Å². The van der Waals surface area contributed by atoms with E-state index in [-0.39, 0.29) is 48.4 Å². The topological polar surface area (TPSA) is 90.0 Å². The molecular formula is C22H27NO6S. The van der Waals surface area contributed by atoms with Crippen molar-refractivity contribution in [2.75, 3.05) is 32.9 Å². The number of Topliss-reactive ketones (excluding diaryl/α,β-unsaturated/α-hetero) is 2. The van der Waals surface area contributed by atoms with E-state index in [2.05, 4.69) is 0 Å². The van der Waals surface area contributed by atoms with Crippen molar-refractivity contribution >= 4 is 34.8 Å². The highest BCUT2D eigenvalue weighted by molar-refractivity contribution is 7.14. The van der Waals surface area contributed by atoms with Crippen molar-refractivity contribution in [3.63, 3.8) is 0 Å². The second kappa shape index (κ2) is 9.39. The normalized spacial score (nSPS) is 26.3. The first-order valence-corrected chi connectivity index (χ1v) is 11.5. The smallest absolute Gasteiger partial charge is 0.309 e. The predicted molar refractivity (Wildman–Crippen MR) is 109 cm³/mol. The highest BCUT2D eigenvalue weighted by Crippen LogP contribution is 2.40. The highest BCUT2D eigenvalue weighted by atomic mass is 32.1. The van der Waals surface area contributed by atoms with Crippen LogP contribution in [-0.4, -0.2) is 61.3 Å². The molecule has 1 aromatic rings. The van der Waals surface area contributed by atoms with Gasteiger partial charge in [-0.1, -0.05) is 6.42 Å². The van der Waals surface area contributed by atoms with Gasteiger partial charge in [-0.15, -0.1) is 11.3 Å². The molecule has 8 heteroatoms. The Morgan fingerprint density at radius 3 is 2.50 bits per heavy atom. The van der Waals surface area contributed by atoms with Crippen LogP contribution in [0.5, 0.6) is 0 Å². The SMILES string of the molecule is O=C(COC(=O)C1C[C@H]2CCC[C@@H](C1)C2=O)c1ccc(CC(=O)N2CCOCC2)s1. The molecule has 1 aliphatic heterocycles. The summed E-state index contributed by atoms with van der Waals surface area (Å²) in [4.78, 5) is 52.5. The average molecular weight is 434 g/mol. The number of hydrogen-bond donors (Lipinski definition) is 0. The molecule has 4 rings (SSSR count). The number of ether oxygens (including phenoxy) is 2. The van der Waals surface area contributed by atoms with Crippen LogP contribution < -0.4 is 0 Å². The van der Waals surface area contributed by atoms with E-state index in [4.69, 9.17) is 9.47 Å². The molecule has 162 valence electrons. The lowest BCUT2D eigenvalue weighted by Crippen LogP contribution is -2.41. The third-order valence-electron chi connectivity index (χ3n) is 6.35. The number of fused-ring (bicyclic) bond motifs is 2. The molecule has 0 spiro atoms. The first-order valence-electron chi connectivity index (χ1n) is 10.7. The second-order valence-corrected chi connectivity index (χ2v) is 9.53. The van der Waals surface area contributed by atoms with Crippen molar-refractivity contribution < 1.29 is 28.7 Å². The number of morpholine rings is 1. The third kappa shape index (κ3) is 4.81. The summed E-state index contributed by atoms with van der Waals surface area (Å²) in [5.41, 5.74) is 0. The maximum Gasteiger partial charge on any atom is 0.309 e. The standard InChI is InChI=1S/C22H27NO6S/c24-18(13-29-22(27)16-10-14-2-1-3-15(11-16)21(14)26)19-5-4-17(30-19)12-20(25)23-6-8-28-9-7-23/h4-5,14-16H,1-3,6-13H2/t14-,15+,16?. The van der Waals surface area contributed by atoms with Gasteiger partial charge in [0.2, 0.25) is 11.7 Å². The number of nitrogens with zero attached hydrogens (tertiary/aromatic N) is 1. The number of carbonyl (C=O) groups is 4. The van der Waals surface area contributed by atoms with Gasteiger partial charge in [0.15, 0.2) is 6.61 Å². The molecule has 1 amide bonds. The second-order valence-electron chi connectivity index (χ2n) is 8.36. The molecule has 30 heavy (non-hydrogen) atoms. The van der Waals surface area contributed by atoms with E-state index in [1.54, 1.807) is 17.0 Å². The number of esters is 1. The van der Waals surface area contributed by atoms with Gasteiger partial charge in [-0.05, 0) is 37.8 Å². The molecule has 3 atom stereocenters. The van der Waals surface area contributed by atoms with Gasteiger partial charge in [0, 0.05) is 29.8 Å². The molecule has 3 fully saturated rings. The summed E-state index contributed by atoms with van der Waals surface area (Å²) in [7, 11) is 0. The maximum atomic E-state index is 12.5. The van der Waals surface area contributed by atoms with E-state index in [0.29, 0.717) is 49.8 Å². The molecule has 1 aromatic heterocycles. The fourth-order valence-corrected chi connectivity index (χ4v) is 5.62. The van der Waals surface area contributed by atoms with Crippen molar-refractivity contribution in [1.29, 1.82) is 0 Å². The number of hydrogen-bond acceptors (Lipinski definition) is 7. The van der Waals surface area contributed by atoms with E-state index in [1.165, 1.54) is 11.3 Å². The molecule has 1 unspecified atom stereocenters. The Labute approximate surface area is 179 Å². The Balaban J connectivity index is 1.26. The molecule has 1 saturated heterocycles. The number of carbonyl (C=O) groups excluding carboxylic acids is 4. The number of rotatable bonds is 6. The third-order valence-corrected chi connectivity index (χ3v) is 7.48. The zero-order chi connectivity index (χ0) is 21.1. The summed E-state index contributed by atoms with van der Waals surface area (Å²) >= 11 is 1.27. The molecule has 0 aromatic carbocycles. The van der Waals surface area contributed by atoms with Gasteiger partial charge in [-0.3, -0.25) is 19.2 Å². The Morgan fingerprint density at radius 2 is 1.80 bits per heavy atom. The molecule has 0 radical (unpaired) electrons. The number of amides is 1. The van der Waals surface area contributed by atoms with Crippen LogP contribution in [0.25, 0.3) is 0 Å². The molecule has 0 N–H and O–H groups in total. The molecule has 2 bridgehead atoms. The lowest BCUT2D eigenvalue weighted by atomic mass is 9.67. The minimum Gasteiger partial charge on any atom is -0.457 e. The van der Waals surface area contributed by atoms with Crippen molar-refractivity contribution in [1.82, 2.24) is 4.90 Å². The Kier molecular flexibility index (Phi) is 6.63. The fraction of sp³-hybridized carbons (Fsp3) is 0.636. The van der Waals surface area contributed by atoms with Gasteiger partial charge in [-0.25, -0.2) is 0 Å². The lowest BCUT2D eigenvalue weighted by Gasteiger charge is -2.36. The van der Waals surface area contributed by atoms with E-state index < -0.39 is 0 Å². The molecule has 2 heterocycles. The number of ketones is 2. The van der Waals surface area contributed by atoms with Crippen molar-refractivity contribution in [3.8, 4) is 0 Å². The number of thiophene rings is 1. The van der Waals surface area contributed by atoms with Gasteiger partial charge < -0.3 is 14.4 Å². The minimum atomic E-state index is -0.368. The van der Waals surface area contributed by atoms with Crippen LogP contribution in [0, 0.1) is 17.8 Å². The average Bonchev–Trinajstić information content (AvgIpc) is 3.20. The van der Waals surface area contributed by atoms with Crippen molar-refractivity contribution in [2.24, 2.45) is 17.8 Å². The summed E-state index contributed by atoms with van der Waals surface area (Å²) in [6, 6.07) is 3.47. The first-order chi connectivity index (χ1) is 14.5.